The number of amides is 2. The molecule has 94 valence electrons. The number of fused-ring (bicyclic) bond motifs is 1. The molecule has 0 aromatic heterocycles. The molecule has 3 aliphatic rings. The third-order valence-corrected chi connectivity index (χ3v) is 4.18. The van der Waals surface area contributed by atoms with Gasteiger partial charge in [-0.1, -0.05) is 0 Å². The zero-order valence-electron chi connectivity index (χ0n) is 9.55. The molecule has 0 spiro atoms. The summed E-state index contributed by atoms with van der Waals surface area (Å²) in [4.78, 5) is 27.5. The predicted molar refractivity (Wildman–Crippen MR) is 68.3 cm³/mol. The average molecular weight is 264 g/mol. The number of nitrogens with zero attached hydrogens (tertiary/aromatic N) is 1. The molecule has 2 amide bonds. The molecule has 0 aromatic carbocycles. The van der Waals surface area contributed by atoms with Crippen LogP contribution in [-0.4, -0.2) is 34.4 Å². The van der Waals surface area contributed by atoms with E-state index >= 15 is 0 Å². The van der Waals surface area contributed by atoms with Gasteiger partial charge in [0.1, 0.15) is 16.6 Å². The van der Waals surface area contributed by atoms with Crippen LogP contribution in [0.1, 0.15) is 12.8 Å². The minimum Gasteiger partial charge on any atom is -0.510 e. The highest BCUT2D eigenvalue weighted by atomic mass is 32.2. The van der Waals surface area contributed by atoms with E-state index in [1.165, 1.54) is 11.8 Å². The minimum absolute atomic E-state index is 0.173. The van der Waals surface area contributed by atoms with E-state index in [4.69, 9.17) is 0 Å². The molecular formula is C12H12N2O3S. The summed E-state index contributed by atoms with van der Waals surface area (Å²) in [5, 5.41) is 14.1. The quantitative estimate of drug-likeness (QED) is 0.743. The first-order valence-corrected chi connectivity index (χ1v) is 6.77. The largest absolute Gasteiger partial charge is 0.510 e. The Kier molecular flexibility index (Phi) is 2.74. The van der Waals surface area contributed by atoms with E-state index in [1.54, 1.807) is 11.5 Å². The maximum absolute atomic E-state index is 11.9. The monoisotopic (exact) mass is 264 g/mol. The van der Waals surface area contributed by atoms with Crippen molar-refractivity contribution in [3.8, 4) is 0 Å². The molecule has 1 saturated carbocycles. The van der Waals surface area contributed by atoms with Crippen LogP contribution < -0.4 is 5.32 Å². The third-order valence-electron chi connectivity index (χ3n) is 3.15. The molecule has 2 heterocycles. The number of thioether (sulfide) groups is 1. The van der Waals surface area contributed by atoms with Gasteiger partial charge in [-0.15, -0.1) is 11.8 Å². The molecule has 5 nitrogen and oxygen atoms in total. The Labute approximate surface area is 108 Å². The molecule has 2 aliphatic heterocycles. The second-order valence-electron chi connectivity index (χ2n) is 4.57. The molecule has 1 atom stereocenters. The van der Waals surface area contributed by atoms with Crippen molar-refractivity contribution >= 4 is 29.3 Å². The summed E-state index contributed by atoms with van der Waals surface area (Å²) >= 11 is 1.34. The second kappa shape index (κ2) is 4.28. The fraction of sp³-hybridized carbons (Fsp3) is 0.417. The van der Waals surface area contributed by atoms with E-state index in [1.807, 2.05) is 0 Å². The van der Waals surface area contributed by atoms with Gasteiger partial charge in [-0.3, -0.25) is 9.59 Å². The summed E-state index contributed by atoms with van der Waals surface area (Å²) < 4.78 is 0. The predicted octanol–water partition coefficient (Wildman–Crippen LogP) is 0.935. The number of dihydropyridines is 1. The van der Waals surface area contributed by atoms with E-state index in [2.05, 4.69) is 10.3 Å². The Morgan fingerprint density at radius 3 is 3.06 bits per heavy atom. The first-order valence-electron chi connectivity index (χ1n) is 5.83. The fourth-order valence-corrected chi connectivity index (χ4v) is 2.81. The third kappa shape index (κ3) is 1.96. The smallest absolute Gasteiger partial charge is 0.286 e. The maximum Gasteiger partial charge on any atom is 0.286 e. The average Bonchev–Trinajstić information content (AvgIpc) is 3.04. The lowest BCUT2D eigenvalue weighted by atomic mass is 10.1. The molecule has 0 bridgehead atoms. The molecule has 3 rings (SSSR count). The van der Waals surface area contributed by atoms with Crippen molar-refractivity contribution in [2.75, 3.05) is 6.54 Å². The van der Waals surface area contributed by atoms with Gasteiger partial charge < -0.3 is 10.4 Å². The van der Waals surface area contributed by atoms with E-state index in [0.29, 0.717) is 18.2 Å². The van der Waals surface area contributed by atoms with E-state index in [9.17, 15) is 14.7 Å². The van der Waals surface area contributed by atoms with E-state index in [0.717, 1.165) is 12.8 Å². The Balaban J connectivity index is 1.79. The van der Waals surface area contributed by atoms with Gasteiger partial charge in [0.05, 0.1) is 5.71 Å². The van der Waals surface area contributed by atoms with Crippen LogP contribution in [0, 0.1) is 5.92 Å². The molecular weight excluding hydrogens is 252 g/mol. The SMILES string of the molecule is O=C1N=C2C=CSC2C(O)=C1C(=O)NCC1CC1. The van der Waals surface area contributed by atoms with Crippen LogP contribution in [-0.2, 0) is 9.59 Å². The van der Waals surface area contributed by atoms with Gasteiger partial charge >= 0.3 is 0 Å². The number of rotatable bonds is 3. The van der Waals surface area contributed by atoms with Crippen LogP contribution in [0.2, 0.25) is 0 Å². The van der Waals surface area contributed by atoms with Crippen LogP contribution in [0.15, 0.2) is 27.8 Å². The minimum atomic E-state index is -0.654. The van der Waals surface area contributed by atoms with Crippen LogP contribution in [0.5, 0.6) is 0 Å². The topological polar surface area (TPSA) is 78.8 Å². The number of aliphatic imine (C=N–C) groups is 1. The van der Waals surface area contributed by atoms with Crippen molar-refractivity contribution in [1.82, 2.24) is 5.32 Å². The van der Waals surface area contributed by atoms with Crippen molar-refractivity contribution in [2.24, 2.45) is 10.9 Å². The van der Waals surface area contributed by atoms with E-state index in [-0.39, 0.29) is 11.3 Å². The molecule has 18 heavy (non-hydrogen) atoms. The maximum atomic E-state index is 11.9. The highest BCUT2D eigenvalue weighted by molar-refractivity contribution is 8.04. The van der Waals surface area contributed by atoms with Crippen molar-refractivity contribution < 1.29 is 14.7 Å². The number of hydrogen-bond acceptors (Lipinski definition) is 4. The molecule has 1 unspecified atom stereocenters. The Morgan fingerprint density at radius 2 is 2.33 bits per heavy atom. The van der Waals surface area contributed by atoms with Gasteiger partial charge in [0.25, 0.3) is 11.8 Å². The van der Waals surface area contributed by atoms with Gasteiger partial charge in [0.15, 0.2) is 0 Å². The van der Waals surface area contributed by atoms with Crippen molar-refractivity contribution in [2.45, 2.75) is 18.1 Å². The molecule has 1 aliphatic carbocycles. The highest BCUT2D eigenvalue weighted by Gasteiger charge is 2.36. The van der Waals surface area contributed by atoms with Crippen molar-refractivity contribution in [3.05, 3.63) is 22.8 Å². The summed E-state index contributed by atoms with van der Waals surface area (Å²) in [5.41, 5.74) is 0.307. The Morgan fingerprint density at radius 1 is 1.56 bits per heavy atom. The second-order valence-corrected chi connectivity index (χ2v) is 5.59. The van der Waals surface area contributed by atoms with Gasteiger partial charge in [0, 0.05) is 6.54 Å². The van der Waals surface area contributed by atoms with Crippen molar-refractivity contribution in [3.63, 3.8) is 0 Å². The molecule has 6 heteroatoms. The summed E-state index contributed by atoms with van der Waals surface area (Å²) in [7, 11) is 0. The lowest BCUT2D eigenvalue weighted by Crippen LogP contribution is -2.35. The van der Waals surface area contributed by atoms with Gasteiger partial charge in [0.2, 0.25) is 0 Å². The van der Waals surface area contributed by atoms with E-state index < -0.39 is 17.1 Å². The molecule has 0 aromatic rings. The number of carbonyl (C=O) groups excluding carboxylic acids is 2. The number of aliphatic hydroxyl groups excluding tert-OH is 1. The lowest BCUT2D eigenvalue weighted by molar-refractivity contribution is -0.122. The van der Waals surface area contributed by atoms with Gasteiger partial charge in [-0.2, -0.15) is 0 Å². The van der Waals surface area contributed by atoms with Gasteiger partial charge in [-0.25, -0.2) is 4.99 Å². The zero-order valence-corrected chi connectivity index (χ0v) is 10.4. The summed E-state index contributed by atoms with van der Waals surface area (Å²) in [6.07, 6.45) is 3.91. The number of hydrogen-bond donors (Lipinski definition) is 2. The molecule has 0 radical (unpaired) electrons. The van der Waals surface area contributed by atoms with Crippen LogP contribution >= 0.6 is 11.8 Å². The normalized spacial score (nSPS) is 26.1. The van der Waals surface area contributed by atoms with Crippen LogP contribution in [0.3, 0.4) is 0 Å². The summed E-state index contributed by atoms with van der Waals surface area (Å²) in [6.45, 7) is 0.565. The zero-order chi connectivity index (χ0) is 12.7. The summed E-state index contributed by atoms with van der Waals surface area (Å²) in [5.74, 6) is -0.816. The Bertz CT molecular complexity index is 517. The summed E-state index contributed by atoms with van der Waals surface area (Å²) in [6, 6.07) is 0. The van der Waals surface area contributed by atoms with Crippen molar-refractivity contribution in [1.29, 1.82) is 0 Å². The first kappa shape index (κ1) is 11.5. The number of nitrogens with one attached hydrogen (secondary N) is 1. The fourth-order valence-electron chi connectivity index (χ4n) is 1.92. The van der Waals surface area contributed by atoms with Crippen LogP contribution in [0.4, 0.5) is 0 Å². The molecule has 1 fully saturated rings. The lowest BCUT2D eigenvalue weighted by Gasteiger charge is -2.17. The number of aliphatic hydroxyl groups is 1. The van der Waals surface area contributed by atoms with Crippen LogP contribution in [0.25, 0.3) is 0 Å². The standard InChI is InChI=1S/C12H12N2O3S/c15-9-8(11(16)13-5-6-1-2-6)12(17)14-7-3-4-18-10(7)9/h3-4,6,10,15H,1-2,5H2,(H,13,16). The highest BCUT2D eigenvalue weighted by Crippen LogP contribution is 2.32. The number of carbonyl (C=O) groups is 2. The molecule has 0 saturated heterocycles. The first-order chi connectivity index (χ1) is 8.66. The van der Waals surface area contributed by atoms with Gasteiger partial charge in [-0.05, 0) is 30.2 Å². The number of allylic oxidation sites excluding steroid dienone is 1. The Hall–Kier alpha value is -1.56. The molecule has 2 N–H and O–H groups in total.